The Balaban J connectivity index is 1.85. The van der Waals surface area contributed by atoms with E-state index >= 15 is 0 Å². The van der Waals surface area contributed by atoms with Crippen molar-refractivity contribution in [3.05, 3.63) is 60.2 Å². The van der Waals surface area contributed by atoms with E-state index in [0.29, 0.717) is 23.5 Å². The summed E-state index contributed by atoms with van der Waals surface area (Å²) in [5.74, 6) is -1.22. The highest BCUT2D eigenvalue weighted by Gasteiger charge is 2.78. The fraction of sp³-hybridized carbons (Fsp3) is 0.333. The lowest BCUT2D eigenvalue weighted by molar-refractivity contribution is -0.273. The van der Waals surface area contributed by atoms with E-state index in [1.807, 2.05) is 49.4 Å². The lowest BCUT2D eigenvalue weighted by Crippen LogP contribution is -2.58. The van der Waals surface area contributed by atoms with Crippen LogP contribution in [0.4, 0.5) is 0 Å². The Morgan fingerprint density at radius 1 is 1.00 bits per heavy atom. The summed E-state index contributed by atoms with van der Waals surface area (Å²) < 4.78 is 17.8. The van der Waals surface area contributed by atoms with Gasteiger partial charge in [0.25, 0.3) is 0 Å². The number of nitriles is 3. The zero-order valence-corrected chi connectivity index (χ0v) is 17.1. The normalized spacial score (nSPS) is 30.4. The van der Waals surface area contributed by atoms with Gasteiger partial charge in [-0.1, -0.05) is 37.3 Å². The van der Waals surface area contributed by atoms with E-state index in [-0.39, 0.29) is 0 Å². The second-order valence-corrected chi connectivity index (χ2v) is 7.84. The van der Waals surface area contributed by atoms with Crippen LogP contribution in [0.5, 0.6) is 11.5 Å². The van der Waals surface area contributed by atoms with E-state index < -0.39 is 34.5 Å². The van der Waals surface area contributed by atoms with E-state index in [1.165, 1.54) is 0 Å². The van der Waals surface area contributed by atoms with E-state index in [9.17, 15) is 15.8 Å². The highest BCUT2D eigenvalue weighted by Crippen LogP contribution is 2.67. The number of ether oxygens (including phenoxy) is 3. The van der Waals surface area contributed by atoms with E-state index in [4.69, 9.17) is 19.6 Å². The summed E-state index contributed by atoms with van der Waals surface area (Å²) in [6, 6.07) is 22.3. The van der Waals surface area contributed by atoms with Gasteiger partial charge in [-0.2, -0.15) is 15.8 Å². The monoisotopic (exact) mass is 412 g/mol. The second-order valence-electron chi connectivity index (χ2n) is 7.84. The number of hydrogen-bond acceptors (Lipinski definition) is 7. The van der Waals surface area contributed by atoms with Crippen molar-refractivity contribution in [2.75, 3.05) is 0 Å². The van der Waals surface area contributed by atoms with Gasteiger partial charge in [-0.15, -0.1) is 0 Å². The summed E-state index contributed by atoms with van der Waals surface area (Å²) in [5.41, 5.74) is -3.23. The predicted octanol–water partition coefficient (Wildman–Crippen LogP) is 4.84. The first kappa shape index (κ1) is 20.4. The fourth-order valence-corrected chi connectivity index (χ4v) is 4.89. The molecule has 154 valence electrons. The minimum atomic E-state index is -1.97. The molecule has 4 rings (SSSR count). The average Bonchev–Trinajstić information content (AvgIpc) is 2.96. The predicted molar refractivity (Wildman–Crippen MR) is 109 cm³/mol. The molecule has 2 aliphatic rings. The topological polar surface area (TPSA) is 123 Å². The Morgan fingerprint density at radius 3 is 2.29 bits per heavy atom. The van der Waals surface area contributed by atoms with Crippen LogP contribution in [0, 0.1) is 56.2 Å². The van der Waals surface area contributed by atoms with Crippen LogP contribution < -0.4 is 4.74 Å². The number of nitrogens with zero attached hydrogens (tertiary/aromatic N) is 3. The molecular weight excluding hydrogens is 392 g/mol. The molecule has 2 aromatic rings. The molecule has 7 nitrogen and oxygen atoms in total. The van der Waals surface area contributed by atoms with Crippen molar-refractivity contribution in [2.45, 2.75) is 32.2 Å². The van der Waals surface area contributed by atoms with Gasteiger partial charge >= 0.3 is 0 Å². The third-order valence-corrected chi connectivity index (χ3v) is 6.26. The van der Waals surface area contributed by atoms with Gasteiger partial charge in [-0.3, -0.25) is 5.41 Å². The molecule has 0 radical (unpaired) electrons. The molecule has 2 aliphatic heterocycles. The van der Waals surface area contributed by atoms with Crippen molar-refractivity contribution in [2.24, 2.45) is 16.7 Å². The Labute approximate surface area is 180 Å². The molecule has 2 bridgehead atoms. The van der Waals surface area contributed by atoms with Crippen LogP contribution in [0.3, 0.4) is 0 Å². The molecular formula is C24H20N4O3. The zero-order valence-electron chi connectivity index (χ0n) is 17.1. The first-order valence-electron chi connectivity index (χ1n) is 9.93. The number of nitrogens with one attached hydrogen (secondary N) is 1. The van der Waals surface area contributed by atoms with Crippen LogP contribution in [0.1, 0.15) is 31.9 Å². The summed E-state index contributed by atoms with van der Waals surface area (Å²) in [4.78, 5) is 0. The molecule has 0 spiro atoms. The van der Waals surface area contributed by atoms with Crippen molar-refractivity contribution < 1.29 is 14.2 Å². The summed E-state index contributed by atoms with van der Waals surface area (Å²) in [5, 5.41) is 39.1. The number of hydrogen-bond donors (Lipinski definition) is 1. The number of benzene rings is 2. The van der Waals surface area contributed by atoms with E-state index in [0.717, 1.165) is 0 Å². The minimum absolute atomic E-state index is 0.397. The second kappa shape index (κ2) is 7.13. The lowest BCUT2D eigenvalue weighted by Gasteiger charge is -2.48. The standard InChI is InChI=1S/C24H20N4O3/c1-3-19-22(2)30-20(23(13-25,14-26)24(19,15-27)21(28)31-22)16-8-7-11-18(12-16)29-17-9-5-4-6-10-17/h4-12,19-20,28H,3H2,1-2H3. The first-order chi connectivity index (χ1) is 14.9. The third kappa shape index (κ3) is 2.63. The Hall–Kier alpha value is -3.86. The molecule has 2 saturated heterocycles. The van der Waals surface area contributed by atoms with Crippen molar-refractivity contribution in [3.63, 3.8) is 0 Å². The largest absolute Gasteiger partial charge is 0.457 e. The molecule has 7 heteroatoms. The van der Waals surface area contributed by atoms with Crippen molar-refractivity contribution in [1.29, 1.82) is 21.2 Å². The third-order valence-electron chi connectivity index (χ3n) is 6.26. The van der Waals surface area contributed by atoms with E-state index in [1.54, 1.807) is 31.2 Å². The Morgan fingerprint density at radius 2 is 1.68 bits per heavy atom. The van der Waals surface area contributed by atoms with Gasteiger partial charge in [-0.25, -0.2) is 0 Å². The molecule has 2 fully saturated rings. The quantitative estimate of drug-likeness (QED) is 0.766. The van der Waals surface area contributed by atoms with Crippen LogP contribution in [0.25, 0.3) is 0 Å². The van der Waals surface area contributed by atoms with E-state index in [2.05, 4.69) is 6.07 Å². The average molecular weight is 412 g/mol. The number of fused-ring (bicyclic) bond motifs is 2. The molecule has 0 aliphatic carbocycles. The fourth-order valence-electron chi connectivity index (χ4n) is 4.89. The smallest absolute Gasteiger partial charge is 0.214 e. The Kier molecular flexibility index (Phi) is 4.69. The highest BCUT2D eigenvalue weighted by atomic mass is 16.7. The maximum atomic E-state index is 10.2. The summed E-state index contributed by atoms with van der Waals surface area (Å²) in [6.45, 7) is 3.49. The van der Waals surface area contributed by atoms with Gasteiger partial charge in [0.05, 0.1) is 24.1 Å². The molecule has 4 unspecified atom stereocenters. The van der Waals surface area contributed by atoms with Gasteiger partial charge in [0.15, 0.2) is 5.41 Å². The van der Waals surface area contributed by atoms with Crippen molar-refractivity contribution in [1.82, 2.24) is 0 Å². The molecule has 1 N–H and O–H groups in total. The number of rotatable bonds is 4. The molecule has 2 heterocycles. The van der Waals surface area contributed by atoms with Gasteiger partial charge in [0, 0.05) is 6.92 Å². The van der Waals surface area contributed by atoms with Crippen LogP contribution >= 0.6 is 0 Å². The summed E-state index contributed by atoms with van der Waals surface area (Å²) in [6.07, 6.45) is -0.710. The maximum Gasteiger partial charge on any atom is 0.214 e. The first-order valence-corrected chi connectivity index (χ1v) is 9.93. The summed E-state index contributed by atoms with van der Waals surface area (Å²) in [7, 11) is 0. The van der Waals surface area contributed by atoms with Gasteiger partial charge < -0.3 is 14.2 Å². The van der Waals surface area contributed by atoms with Gasteiger partial charge in [0.1, 0.15) is 17.6 Å². The van der Waals surface area contributed by atoms with Crippen molar-refractivity contribution in [3.8, 4) is 29.7 Å². The molecule has 0 amide bonds. The van der Waals surface area contributed by atoms with Crippen molar-refractivity contribution >= 4 is 5.90 Å². The maximum absolute atomic E-state index is 10.2. The molecule has 2 aromatic carbocycles. The Bertz CT molecular complexity index is 1150. The number of para-hydroxylation sites is 1. The minimum Gasteiger partial charge on any atom is -0.457 e. The SMILES string of the molecule is CCC1C2(C)OC(=N)C1(C#N)C(C#N)(C#N)C(c1cccc(Oc3ccccc3)c1)O2. The van der Waals surface area contributed by atoms with Crippen LogP contribution in [0.2, 0.25) is 0 Å². The molecule has 4 atom stereocenters. The lowest BCUT2D eigenvalue weighted by atomic mass is 9.53. The molecule has 31 heavy (non-hydrogen) atoms. The van der Waals surface area contributed by atoms with Crippen LogP contribution in [0.15, 0.2) is 54.6 Å². The zero-order chi connectivity index (χ0) is 22.3. The van der Waals surface area contributed by atoms with Crippen LogP contribution in [-0.2, 0) is 9.47 Å². The van der Waals surface area contributed by atoms with Gasteiger partial charge in [-0.05, 0) is 36.2 Å². The molecule has 0 saturated carbocycles. The van der Waals surface area contributed by atoms with Crippen LogP contribution in [-0.4, -0.2) is 11.7 Å². The molecule has 0 aromatic heterocycles. The highest BCUT2D eigenvalue weighted by molar-refractivity contribution is 5.89. The summed E-state index contributed by atoms with van der Waals surface area (Å²) >= 11 is 0. The van der Waals surface area contributed by atoms with Gasteiger partial charge in [0.2, 0.25) is 17.1 Å².